The second-order valence-electron chi connectivity index (χ2n) is 9.79. The lowest BCUT2D eigenvalue weighted by Gasteiger charge is -2.26. The third-order valence-electron chi connectivity index (χ3n) is 6.70. The van der Waals surface area contributed by atoms with Crippen LogP contribution in [0, 0.1) is 20.8 Å². The molecule has 0 bridgehead atoms. The maximum Gasteiger partial charge on any atom is 0.277 e. The zero-order valence-electron chi connectivity index (χ0n) is 22.8. The minimum absolute atomic E-state index is 0.0933. The van der Waals surface area contributed by atoms with E-state index in [2.05, 4.69) is 4.98 Å². The number of benzene rings is 4. The van der Waals surface area contributed by atoms with Crippen molar-refractivity contribution in [3.63, 3.8) is 0 Å². The fourth-order valence-corrected chi connectivity index (χ4v) is 9.47. The van der Waals surface area contributed by atoms with Crippen LogP contribution in [0.4, 0.5) is 5.69 Å². The van der Waals surface area contributed by atoms with Gasteiger partial charge in [-0.05, 0) is 75.4 Å². The second kappa shape index (κ2) is 10.5. The van der Waals surface area contributed by atoms with E-state index in [0.717, 1.165) is 22.8 Å². The molecule has 0 atom stereocenters. The van der Waals surface area contributed by atoms with Crippen LogP contribution >= 0.6 is 0 Å². The molecule has 0 saturated heterocycles. The number of aryl methyl sites for hydroxylation is 3. The summed E-state index contributed by atoms with van der Waals surface area (Å²) >= 11 is 0. The molecule has 1 aromatic heterocycles. The van der Waals surface area contributed by atoms with Crippen LogP contribution in [0.25, 0.3) is 10.9 Å². The summed E-state index contributed by atoms with van der Waals surface area (Å²) in [6.07, 6.45) is 1.28. The topological polar surface area (TPSA) is 139 Å². The van der Waals surface area contributed by atoms with Crippen molar-refractivity contribution in [3.05, 3.63) is 114 Å². The van der Waals surface area contributed by atoms with E-state index >= 15 is 0 Å². The summed E-state index contributed by atoms with van der Waals surface area (Å²) in [5.74, 6) is -0.740. The third-order valence-corrected chi connectivity index (χ3v) is 12.7. The summed E-state index contributed by atoms with van der Waals surface area (Å²) in [5, 5.41) is 11.1. The van der Waals surface area contributed by atoms with Gasteiger partial charge in [0.25, 0.3) is 20.0 Å². The molecule has 4 aromatic carbocycles. The van der Waals surface area contributed by atoms with E-state index in [1.807, 2.05) is 0 Å². The molecule has 42 heavy (non-hydrogen) atoms. The number of hydrogen-bond donors (Lipinski definition) is 1. The fraction of sp³-hybridized carbons (Fsp3) is 0.100. The maximum atomic E-state index is 14.2. The van der Waals surface area contributed by atoms with Gasteiger partial charge in [0.05, 0.1) is 20.4 Å². The van der Waals surface area contributed by atoms with Gasteiger partial charge in [-0.3, -0.25) is 4.98 Å². The molecule has 0 aliphatic carbocycles. The Morgan fingerprint density at radius 1 is 0.619 bits per heavy atom. The summed E-state index contributed by atoms with van der Waals surface area (Å²) in [4.78, 5) is 2.56. The summed E-state index contributed by atoms with van der Waals surface area (Å²) in [5.41, 5.74) is 1.48. The third kappa shape index (κ3) is 5.02. The Kier molecular flexibility index (Phi) is 7.34. The molecule has 1 heterocycles. The highest BCUT2D eigenvalue weighted by molar-refractivity contribution is 8.10. The van der Waals surface area contributed by atoms with Crippen LogP contribution in [-0.4, -0.2) is 35.3 Å². The summed E-state index contributed by atoms with van der Waals surface area (Å²) in [7, 11) is -14.2. The largest absolute Gasteiger partial charge is 0.504 e. The smallest absolute Gasteiger partial charge is 0.277 e. The molecule has 0 aliphatic rings. The molecular formula is C30H26N2O7S3. The minimum Gasteiger partial charge on any atom is -0.504 e. The molecule has 0 spiro atoms. The molecule has 12 heteroatoms. The van der Waals surface area contributed by atoms with E-state index < -0.39 is 46.2 Å². The lowest BCUT2D eigenvalue weighted by Crippen LogP contribution is -2.37. The van der Waals surface area contributed by atoms with Crippen molar-refractivity contribution in [1.82, 2.24) is 4.98 Å². The number of aromatic hydroxyl groups is 1. The first-order valence-corrected chi connectivity index (χ1v) is 17.0. The Bertz CT molecular complexity index is 2070. The molecule has 9 nitrogen and oxygen atoms in total. The molecule has 0 fully saturated rings. The maximum absolute atomic E-state index is 14.2. The number of sulfone groups is 1. The monoisotopic (exact) mass is 622 g/mol. The number of sulfonamides is 2. The first kappa shape index (κ1) is 29.2. The van der Waals surface area contributed by atoms with Crippen molar-refractivity contribution in [3.8, 4) is 5.75 Å². The highest BCUT2D eigenvalue weighted by Crippen LogP contribution is 2.43. The van der Waals surface area contributed by atoms with Gasteiger partial charge in [0.2, 0.25) is 9.84 Å². The first-order valence-electron chi connectivity index (χ1n) is 12.6. The van der Waals surface area contributed by atoms with Crippen molar-refractivity contribution in [2.75, 3.05) is 3.71 Å². The van der Waals surface area contributed by atoms with Crippen molar-refractivity contribution >= 4 is 46.5 Å². The number of aromatic nitrogens is 1. The van der Waals surface area contributed by atoms with Crippen LogP contribution < -0.4 is 3.71 Å². The SMILES string of the molecule is Cc1ccc(S(=O)(=O)c2cc(N(S(=O)(=O)c3ccc(C)cc3)S(=O)(=O)c3ccc(C)cc3)c3cccnc3c2O)cc1. The Morgan fingerprint density at radius 2 is 1.05 bits per heavy atom. The summed E-state index contributed by atoms with van der Waals surface area (Å²) < 4.78 is 84.8. The molecule has 1 N–H and O–H groups in total. The zero-order valence-corrected chi connectivity index (χ0v) is 25.2. The predicted octanol–water partition coefficient (Wildman–Crippen LogP) is 5.28. The van der Waals surface area contributed by atoms with Crippen molar-refractivity contribution in [2.45, 2.75) is 40.4 Å². The summed E-state index contributed by atoms with van der Waals surface area (Å²) in [6.45, 7) is 5.27. The van der Waals surface area contributed by atoms with Crippen LogP contribution in [-0.2, 0) is 29.9 Å². The highest BCUT2D eigenvalue weighted by atomic mass is 32.3. The minimum atomic E-state index is -4.88. The molecule has 0 aliphatic heterocycles. The molecule has 5 rings (SSSR count). The average Bonchev–Trinajstić information content (AvgIpc) is 2.95. The first-order chi connectivity index (χ1) is 19.7. The molecule has 0 amide bonds. The standard InChI is InChI=1S/C30H26N2O7S3/c1-20-6-12-23(13-7-20)40(34,35)28-19-27(26-5-4-18-31-29(26)30(28)33)32(41(36,37)24-14-8-21(2)9-15-24)42(38,39)25-16-10-22(3)11-17-25/h4-19,33H,1-3H3. The number of pyridine rings is 1. The van der Waals surface area contributed by atoms with E-state index in [4.69, 9.17) is 0 Å². The lowest BCUT2D eigenvalue weighted by atomic mass is 10.1. The van der Waals surface area contributed by atoms with Gasteiger partial charge in [0.1, 0.15) is 10.4 Å². The van der Waals surface area contributed by atoms with Crippen LogP contribution in [0.15, 0.2) is 117 Å². The highest BCUT2D eigenvalue weighted by Gasteiger charge is 2.40. The number of fused-ring (bicyclic) bond motifs is 1. The number of nitrogens with zero attached hydrogens (tertiary/aromatic N) is 2. The number of phenols is 1. The molecule has 216 valence electrons. The number of hydrogen-bond acceptors (Lipinski definition) is 8. The Labute approximate surface area is 244 Å². The van der Waals surface area contributed by atoms with E-state index in [1.54, 1.807) is 32.9 Å². The van der Waals surface area contributed by atoms with Gasteiger partial charge in [0.15, 0.2) is 5.75 Å². The van der Waals surface area contributed by atoms with Gasteiger partial charge in [-0.25, -0.2) is 25.3 Å². The van der Waals surface area contributed by atoms with Crippen molar-refractivity contribution in [2.24, 2.45) is 0 Å². The van der Waals surface area contributed by atoms with E-state index in [0.29, 0.717) is 0 Å². The van der Waals surface area contributed by atoms with Crippen LogP contribution in [0.2, 0.25) is 0 Å². The van der Waals surface area contributed by atoms with Crippen LogP contribution in [0.1, 0.15) is 16.7 Å². The number of rotatable bonds is 7. The van der Waals surface area contributed by atoms with Crippen LogP contribution in [0.3, 0.4) is 0 Å². The predicted molar refractivity (Wildman–Crippen MR) is 159 cm³/mol. The Morgan fingerprint density at radius 3 is 1.50 bits per heavy atom. The van der Waals surface area contributed by atoms with Gasteiger partial charge in [-0.15, -0.1) is 0 Å². The second-order valence-corrected chi connectivity index (χ2v) is 15.5. The van der Waals surface area contributed by atoms with Crippen molar-refractivity contribution < 1.29 is 30.4 Å². The van der Waals surface area contributed by atoms with Gasteiger partial charge >= 0.3 is 0 Å². The Balaban J connectivity index is 1.90. The molecular weight excluding hydrogens is 597 g/mol. The number of phenolic OH excluding ortho intramolecular Hbond substituents is 1. The number of anilines is 1. The molecule has 0 radical (unpaired) electrons. The lowest BCUT2D eigenvalue weighted by molar-refractivity contribution is 0.464. The van der Waals surface area contributed by atoms with E-state index in [1.165, 1.54) is 79.0 Å². The average molecular weight is 623 g/mol. The zero-order chi connectivity index (χ0) is 30.4. The quantitative estimate of drug-likeness (QED) is 0.259. The van der Waals surface area contributed by atoms with Gasteiger partial charge in [-0.1, -0.05) is 53.1 Å². The van der Waals surface area contributed by atoms with E-state index in [-0.39, 0.29) is 29.3 Å². The van der Waals surface area contributed by atoms with E-state index in [9.17, 15) is 30.4 Å². The molecule has 0 unspecified atom stereocenters. The normalized spacial score (nSPS) is 12.4. The van der Waals surface area contributed by atoms with Gasteiger partial charge < -0.3 is 5.11 Å². The molecule has 0 saturated carbocycles. The van der Waals surface area contributed by atoms with Crippen LogP contribution in [0.5, 0.6) is 5.75 Å². The molecule has 5 aromatic rings. The fourth-order valence-electron chi connectivity index (χ4n) is 4.39. The van der Waals surface area contributed by atoms with Gasteiger partial charge in [-0.2, -0.15) is 3.71 Å². The van der Waals surface area contributed by atoms with Gasteiger partial charge in [0, 0.05) is 11.6 Å². The van der Waals surface area contributed by atoms with Crippen molar-refractivity contribution in [1.29, 1.82) is 0 Å². The Hall–Kier alpha value is -4.26. The summed E-state index contributed by atoms with van der Waals surface area (Å²) in [6, 6.07) is 20.7.